The fourth-order valence-electron chi connectivity index (χ4n) is 1.40. The molecule has 0 aromatic heterocycles. The van der Waals surface area contributed by atoms with Crippen molar-refractivity contribution in [1.29, 1.82) is 0 Å². The SMILES string of the molecule is CC1CCN(C)C1(C)C. The molecule has 1 aliphatic heterocycles. The molecule has 1 saturated heterocycles. The molecule has 0 N–H and O–H groups in total. The van der Waals surface area contributed by atoms with Crippen LogP contribution in [0.1, 0.15) is 27.2 Å². The van der Waals surface area contributed by atoms with Gasteiger partial charge in [0.05, 0.1) is 0 Å². The third-order valence-corrected chi connectivity index (χ3v) is 3.09. The monoisotopic (exact) mass is 127 g/mol. The van der Waals surface area contributed by atoms with Crippen LogP contribution in [-0.2, 0) is 0 Å². The van der Waals surface area contributed by atoms with E-state index >= 15 is 0 Å². The molecular weight excluding hydrogens is 110 g/mol. The average molecular weight is 127 g/mol. The Labute approximate surface area is 58.0 Å². The molecule has 54 valence electrons. The number of likely N-dealkylation sites (tertiary alicyclic amines) is 1. The highest BCUT2D eigenvalue weighted by molar-refractivity contribution is 4.90. The summed E-state index contributed by atoms with van der Waals surface area (Å²) in [5.41, 5.74) is 0.444. The highest BCUT2D eigenvalue weighted by atomic mass is 15.2. The Morgan fingerprint density at radius 1 is 1.44 bits per heavy atom. The zero-order valence-corrected chi connectivity index (χ0v) is 6.94. The van der Waals surface area contributed by atoms with Crippen LogP contribution >= 0.6 is 0 Å². The summed E-state index contributed by atoms with van der Waals surface area (Å²) < 4.78 is 0. The molecule has 1 unspecified atom stereocenters. The normalized spacial score (nSPS) is 35.3. The van der Waals surface area contributed by atoms with E-state index < -0.39 is 0 Å². The molecule has 0 amide bonds. The van der Waals surface area contributed by atoms with Crippen LogP contribution in [0.5, 0.6) is 0 Å². The van der Waals surface area contributed by atoms with Crippen LogP contribution in [0.15, 0.2) is 0 Å². The molecule has 0 spiro atoms. The van der Waals surface area contributed by atoms with E-state index in [1.807, 2.05) is 0 Å². The molecule has 1 heteroatoms. The Hall–Kier alpha value is -0.0400. The summed E-state index contributed by atoms with van der Waals surface area (Å²) in [6.07, 6.45) is 1.36. The van der Waals surface area contributed by atoms with E-state index in [9.17, 15) is 0 Å². The lowest BCUT2D eigenvalue weighted by Crippen LogP contribution is -2.38. The van der Waals surface area contributed by atoms with Crippen molar-refractivity contribution in [2.24, 2.45) is 5.92 Å². The van der Waals surface area contributed by atoms with Gasteiger partial charge in [0.1, 0.15) is 0 Å². The predicted octanol–water partition coefficient (Wildman–Crippen LogP) is 1.74. The first-order chi connectivity index (χ1) is 4.05. The first-order valence-electron chi connectivity index (χ1n) is 3.76. The number of nitrogens with zero attached hydrogens (tertiary/aromatic N) is 1. The van der Waals surface area contributed by atoms with Gasteiger partial charge in [-0.25, -0.2) is 0 Å². The highest BCUT2D eigenvalue weighted by Gasteiger charge is 2.35. The van der Waals surface area contributed by atoms with Gasteiger partial charge in [-0.2, -0.15) is 0 Å². The van der Waals surface area contributed by atoms with Crippen molar-refractivity contribution in [2.75, 3.05) is 13.6 Å². The zero-order chi connectivity index (χ0) is 7.07. The first-order valence-corrected chi connectivity index (χ1v) is 3.76. The third kappa shape index (κ3) is 0.983. The van der Waals surface area contributed by atoms with Crippen LogP contribution in [-0.4, -0.2) is 24.0 Å². The quantitative estimate of drug-likeness (QED) is 0.479. The minimum Gasteiger partial charge on any atom is -0.301 e. The maximum atomic E-state index is 2.44. The Morgan fingerprint density at radius 3 is 2.11 bits per heavy atom. The summed E-state index contributed by atoms with van der Waals surface area (Å²) >= 11 is 0. The summed E-state index contributed by atoms with van der Waals surface area (Å²) in [7, 11) is 2.21. The fraction of sp³-hybridized carbons (Fsp3) is 1.00. The van der Waals surface area contributed by atoms with Gasteiger partial charge in [-0.3, -0.25) is 0 Å². The lowest BCUT2D eigenvalue weighted by molar-refractivity contribution is 0.180. The lowest BCUT2D eigenvalue weighted by Gasteiger charge is -2.31. The topological polar surface area (TPSA) is 3.24 Å². The number of hydrogen-bond acceptors (Lipinski definition) is 1. The molecule has 1 aliphatic rings. The van der Waals surface area contributed by atoms with Gasteiger partial charge in [-0.15, -0.1) is 0 Å². The van der Waals surface area contributed by atoms with Gasteiger partial charge < -0.3 is 4.90 Å². The minimum absolute atomic E-state index is 0.444. The zero-order valence-electron chi connectivity index (χ0n) is 6.94. The van der Waals surface area contributed by atoms with Crippen LogP contribution in [0.2, 0.25) is 0 Å². The number of rotatable bonds is 0. The Bertz CT molecular complexity index is 95.1. The second kappa shape index (κ2) is 1.98. The van der Waals surface area contributed by atoms with Crippen LogP contribution in [0.4, 0.5) is 0 Å². The largest absolute Gasteiger partial charge is 0.301 e. The van der Waals surface area contributed by atoms with Crippen LogP contribution < -0.4 is 0 Å². The predicted molar refractivity (Wildman–Crippen MR) is 40.5 cm³/mol. The maximum absolute atomic E-state index is 2.44. The van der Waals surface area contributed by atoms with E-state index in [1.165, 1.54) is 13.0 Å². The van der Waals surface area contributed by atoms with E-state index in [0.29, 0.717) is 5.54 Å². The van der Waals surface area contributed by atoms with Crippen molar-refractivity contribution in [3.63, 3.8) is 0 Å². The summed E-state index contributed by atoms with van der Waals surface area (Å²) in [6, 6.07) is 0. The first kappa shape index (κ1) is 7.07. The van der Waals surface area contributed by atoms with Crippen molar-refractivity contribution in [3.05, 3.63) is 0 Å². The molecular formula is C8H17N. The van der Waals surface area contributed by atoms with Gasteiger partial charge >= 0.3 is 0 Å². The molecule has 1 atom stereocenters. The van der Waals surface area contributed by atoms with E-state index in [2.05, 4.69) is 32.7 Å². The van der Waals surface area contributed by atoms with Crippen molar-refractivity contribution in [1.82, 2.24) is 4.90 Å². The molecule has 1 rings (SSSR count). The van der Waals surface area contributed by atoms with Crippen molar-refractivity contribution < 1.29 is 0 Å². The Morgan fingerprint density at radius 2 is 2.00 bits per heavy atom. The molecule has 1 nitrogen and oxygen atoms in total. The molecule has 0 aromatic rings. The maximum Gasteiger partial charge on any atom is 0.0176 e. The number of hydrogen-bond donors (Lipinski definition) is 0. The highest BCUT2D eigenvalue weighted by Crippen LogP contribution is 2.31. The molecule has 1 heterocycles. The van der Waals surface area contributed by atoms with E-state index in [4.69, 9.17) is 0 Å². The van der Waals surface area contributed by atoms with Crippen LogP contribution in [0.25, 0.3) is 0 Å². The third-order valence-electron chi connectivity index (χ3n) is 3.09. The summed E-state index contributed by atoms with van der Waals surface area (Å²) in [5, 5.41) is 0. The van der Waals surface area contributed by atoms with E-state index in [-0.39, 0.29) is 0 Å². The van der Waals surface area contributed by atoms with Crippen LogP contribution in [0, 0.1) is 5.92 Å². The summed E-state index contributed by atoms with van der Waals surface area (Å²) in [6.45, 7) is 8.26. The van der Waals surface area contributed by atoms with E-state index in [0.717, 1.165) is 5.92 Å². The second-order valence-corrected chi connectivity index (χ2v) is 3.76. The summed E-state index contributed by atoms with van der Waals surface area (Å²) in [4.78, 5) is 2.44. The smallest absolute Gasteiger partial charge is 0.0176 e. The second-order valence-electron chi connectivity index (χ2n) is 3.76. The minimum atomic E-state index is 0.444. The summed E-state index contributed by atoms with van der Waals surface area (Å²) in [5.74, 6) is 0.863. The standard InChI is InChI=1S/C8H17N/c1-7-5-6-9(4)8(7,2)3/h7H,5-6H2,1-4H3. The van der Waals surface area contributed by atoms with E-state index in [1.54, 1.807) is 0 Å². The molecule has 0 aromatic carbocycles. The molecule has 0 aliphatic carbocycles. The Balaban J connectivity index is 2.66. The van der Waals surface area contributed by atoms with Gasteiger partial charge in [0.25, 0.3) is 0 Å². The fourth-order valence-corrected chi connectivity index (χ4v) is 1.40. The van der Waals surface area contributed by atoms with Gasteiger partial charge in [0.2, 0.25) is 0 Å². The lowest BCUT2D eigenvalue weighted by atomic mass is 9.91. The molecule has 0 bridgehead atoms. The molecule has 0 saturated carbocycles. The molecule has 0 radical (unpaired) electrons. The Kier molecular flexibility index (Phi) is 1.55. The van der Waals surface area contributed by atoms with Gasteiger partial charge in [-0.1, -0.05) is 6.92 Å². The van der Waals surface area contributed by atoms with Gasteiger partial charge in [0.15, 0.2) is 0 Å². The van der Waals surface area contributed by atoms with Gasteiger partial charge in [0, 0.05) is 5.54 Å². The van der Waals surface area contributed by atoms with Gasteiger partial charge in [-0.05, 0) is 39.8 Å². The molecule has 9 heavy (non-hydrogen) atoms. The average Bonchev–Trinajstić information content (AvgIpc) is 1.96. The van der Waals surface area contributed by atoms with Crippen molar-refractivity contribution in [2.45, 2.75) is 32.7 Å². The molecule has 1 fully saturated rings. The van der Waals surface area contributed by atoms with Crippen molar-refractivity contribution in [3.8, 4) is 0 Å². The van der Waals surface area contributed by atoms with Crippen molar-refractivity contribution >= 4 is 0 Å². The van der Waals surface area contributed by atoms with Crippen LogP contribution in [0.3, 0.4) is 0 Å².